The van der Waals surface area contributed by atoms with E-state index < -0.39 is 57.8 Å². The summed E-state index contributed by atoms with van der Waals surface area (Å²) in [5, 5.41) is 26.1. The van der Waals surface area contributed by atoms with Gasteiger partial charge in [0, 0.05) is 89.9 Å². The number of halogens is 2. The average Bonchev–Trinajstić information content (AvgIpc) is 3.84. The second-order valence-corrected chi connectivity index (χ2v) is 17.4. The van der Waals surface area contributed by atoms with E-state index >= 15 is 13.6 Å². The summed E-state index contributed by atoms with van der Waals surface area (Å²) in [6.45, 7) is 5.36. The summed E-state index contributed by atoms with van der Waals surface area (Å²) in [4.78, 5) is 39.1. The minimum Gasteiger partial charge on any atom is -0.496 e. The van der Waals surface area contributed by atoms with Crippen LogP contribution < -0.4 is 9.64 Å². The highest BCUT2D eigenvalue weighted by Gasteiger charge is 2.79. The van der Waals surface area contributed by atoms with E-state index in [-0.39, 0.29) is 31.3 Å². The Kier molecular flexibility index (Phi) is 8.36. The number of esters is 2. The van der Waals surface area contributed by atoms with Crippen molar-refractivity contribution < 1.29 is 42.8 Å². The number of aromatic nitrogens is 1. The number of para-hydroxylation sites is 1. The first kappa shape index (κ1) is 37.5. The molecule has 3 fully saturated rings. The van der Waals surface area contributed by atoms with Gasteiger partial charge in [-0.15, -0.1) is 0 Å². The lowest BCUT2D eigenvalue weighted by Gasteiger charge is -2.63. The molecule has 13 heteroatoms. The van der Waals surface area contributed by atoms with E-state index in [4.69, 9.17) is 14.2 Å². The molecule has 56 heavy (non-hydrogen) atoms. The highest BCUT2D eigenvalue weighted by atomic mass is 19.3. The summed E-state index contributed by atoms with van der Waals surface area (Å²) < 4.78 is 47.9. The third kappa shape index (κ3) is 4.57. The van der Waals surface area contributed by atoms with Crippen LogP contribution in [0.3, 0.4) is 0 Å². The fraction of sp³-hybridized carbons (Fsp3) is 0.581. The number of nitrogens with one attached hydrogen (secondary N) is 1. The Labute approximate surface area is 325 Å². The molecule has 0 amide bonds. The summed E-state index contributed by atoms with van der Waals surface area (Å²) in [7, 11) is 5.95. The number of anilines is 1. The fourth-order valence-electron chi connectivity index (χ4n) is 12.9. The topological polar surface area (TPSA) is 128 Å². The predicted molar refractivity (Wildman–Crippen MR) is 205 cm³/mol. The Balaban J connectivity index is 1.35. The van der Waals surface area contributed by atoms with Crippen molar-refractivity contribution in [3.05, 3.63) is 70.9 Å². The molecule has 1 aromatic heterocycles. The van der Waals surface area contributed by atoms with E-state index in [1.165, 1.54) is 14.2 Å². The molecular weight excluding hydrogens is 722 g/mol. The zero-order valence-corrected chi connectivity index (χ0v) is 32.9. The van der Waals surface area contributed by atoms with Crippen LogP contribution in [0.2, 0.25) is 0 Å². The van der Waals surface area contributed by atoms with Gasteiger partial charge in [-0.3, -0.25) is 14.6 Å². The van der Waals surface area contributed by atoms with Crippen LogP contribution in [0.5, 0.6) is 5.75 Å². The van der Waals surface area contributed by atoms with Crippen LogP contribution >= 0.6 is 0 Å². The van der Waals surface area contributed by atoms with Crippen LogP contribution in [0.15, 0.2) is 48.6 Å². The fourth-order valence-corrected chi connectivity index (χ4v) is 12.9. The number of aliphatic hydroxyl groups is 2. The molecule has 3 N–H and O–H groups in total. The molecule has 5 aliphatic heterocycles. The summed E-state index contributed by atoms with van der Waals surface area (Å²) in [5.74, 6) is -5.21. The van der Waals surface area contributed by atoms with Gasteiger partial charge in [0.25, 0.3) is 0 Å². The largest absolute Gasteiger partial charge is 0.496 e. The molecule has 9 rings (SSSR count). The van der Waals surface area contributed by atoms with Gasteiger partial charge in [0.2, 0.25) is 11.5 Å². The zero-order valence-electron chi connectivity index (χ0n) is 32.9. The smallest absolute Gasteiger partial charge is 0.342 e. The summed E-state index contributed by atoms with van der Waals surface area (Å²) in [5.41, 5.74) is -1.46. The Hall–Kier alpha value is -4.04. The molecule has 1 unspecified atom stereocenters. The van der Waals surface area contributed by atoms with Crippen LogP contribution in [0, 0.1) is 17.3 Å². The highest BCUT2D eigenvalue weighted by molar-refractivity contribution is 5.95. The van der Waals surface area contributed by atoms with Gasteiger partial charge in [0.05, 0.1) is 27.4 Å². The van der Waals surface area contributed by atoms with Crippen molar-refractivity contribution >= 4 is 28.5 Å². The molecule has 0 radical (unpaired) electrons. The molecule has 3 aromatic rings. The summed E-state index contributed by atoms with van der Waals surface area (Å²) in [6.07, 6.45) is 3.88. The van der Waals surface area contributed by atoms with Crippen LogP contribution in [0.1, 0.15) is 61.9 Å². The first-order chi connectivity index (χ1) is 26.7. The van der Waals surface area contributed by atoms with Crippen LogP contribution in [-0.2, 0) is 36.4 Å². The summed E-state index contributed by atoms with van der Waals surface area (Å²) in [6, 6.07) is 10.4. The Bertz CT molecular complexity index is 2150. The number of nitrogens with zero attached hydrogens (tertiary/aromatic N) is 3. The van der Waals surface area contributed by atoms with Gasteiger partial charge in [-0.05, 0) is 68.3 Å². The van der Waals surface area contributed by atoms with E-state index in [2.05, 4.69) is 14.8 Å². The maximum Gasteiger partial charge on any atom is 0.342 e. The lowest BCUT2D eigenvalue weighted by Crippen LogP contribution is -2.80. The van der Waals surface area contributed by atoms with Crippen molar-refractivity contribution in [2.45, 2.75) is 86.6 Å². The first-order valence-corrected chi connectivity index (χ1v) is 19.8. The molecule has 300 valence electrons. The number of methoxy groups -OCH3 is 3. The van der Waals surface area contributed by atoms with Crippen molar-refractivity contribution in [1.29, 1.82) is 0 Å². The number of ether oxygens (including phenoxy) is 3. The van der Waals surface area contributed by atoms with Crippen molar-refractivity contribution in [3.8, 4) is 5.75 Å². The molecule has 10 atom stereocenters. The number of piperidine rings is 1. The number of aromatic amines is 1. The minimum absolute atomic E-state index is 0.173. The van der Waals surface area contributed by atoms with Crippen LogP contribution in [0.25, 0.3) is 10.9 Å². The maximum absolute atomic E-state index is 15.3. The number of rotatable bonds is 6. The number of aliphatic hydroxyl groups excluding tert-OH is 1. The molecule has 6 aliphatic rings. The van der Waals surface area contributed by atoms with Crippen molar-refractivity contribution in [1.82, 2.24) is 14.8 Å². The van der Waals surface area contributed by atoms with Gasteiger partial charge in [0.1, 0.15) is 17.3 Å². The molecule has 2 saturated heterocycles. The van der Waals surface area contributed by atoms with E-state index in [0.717, 1.165) is 29.0 Å². The lowest BCUT2D eigenvalue weighted by molar-refractivity contribution is -0.218. The normalized spacial score (nSPS) is 37.2. The van der Waals surface area contributed by atoms with E-state index in [0.29, 0.717) is 61.7 Å². The predicted octanol–water partition coefficient (Wildman–Crippen LogP) is 4.51. The molecule has 2 aromatic carbocycles. The van der Waals surface area contributed by atoms with E-state index in [1.807, 2.05) is 67.4 Å². The number of H-pyrrole nitrogens is 1. The average molecular weight is 775 g/mol. The van der Waals surface area contributed by atoms with E-state index in [9.17, 15) is 15.0 Å². The molecule has 1 aliphatic carbocycles. The van der Waals surface area contributed by atoms with Crippen molar-refractivity contribution in [2.24, 2.45) is 17.3 Å². The third-order valence-electron chi connectivity index (χ3n) is 15.0. The second kappa shape index (κ2) is 12.5. The Morgan fingerprint density at radius 1 is 1.05 bits per heavy atom. The Morgan fingerprint density at radius 3 is 2.50 bits per heavy atom. The lowest BCUT2D eigenvalue weighted by atomic mass is 9.47. The molecule has 1 spiro atoms. The molecule has 2 bridgehead atoms. The number of hydrogen-bond donors (Lipinski definition) is 3. The number of carbonyl (C=O) groups is 2. The Morgan fingerprint density at radius 2 is 1.80 bits per heavy atom. The van der Waals surface area contributed by atoms with Crippen molar-refractivity contribution in [2.75, 3.05) is 59.5 Å². The quantitative estimate of drug-likeness (QED) is 0.244. The number of alkyl halides is 2. The van der Waals surface area contributed by atoms with Gasteiger partial charge < -0.3 is 34.3 Å². The first-order valence-electron chi connectivity index (χ1n) is 19.8. The monoisotopic (exact) mass is 774 g/mol. The highest BCUT2D eigenvalue weighted by Crippen LogP contribution is 2.67. The van der Waals surface area contributed by atoms with Gasteiger partial charge in [-0.1, -0.05) is 37.3 Å². The van der Waals surface area contributed by atoms with E-state index in [1.54, 1.807) is 7.11 Å². The SMILES string of the molecule is CC[C@]12C=CCN3CC[C@@]4(c5cc([C@@]6(C(=O)OC)C[C@H]7C[C@@H](C(C)(F)F)CN(Cc8c6[nH]c6ccccc86)C7)c(OC)cc5N(C)[C@H]4[C@@](O)(C(=O)OC)[C@@H]1O)[C@@H]32. The minimum atomic E-state index is -2.92. The van der Waals surface area contributed by atoms with Gasteiger partial charge in [-0.2, -0.15) is 0 Å². The number of benzene rings is 2. The number of likely N-dealkylation sites (N-methyl/N-ethyl adjacent to an activating group) is 1. The van der Waals surface area contributed by atoms with Gasteiger partial charge in [0.15, 0.2) is 0 Å². The maximum atomic E-state index is 15.3. The molecule has 11 nitrogen and oxygen atoms in total. The summed E-state index contributed by atoms with van der Waals surface area (Å²) >= 11 is 0. The molecule has 1 saturated carbocycles. The standard InChI is InChI=1S/C43H52F2N4O7/c1-7-40-13-10-15-49-16-14-41(34(40)49)28-18-29(32(54-4)19-31(28)47(3)35(41)43(53,36(40)50)38(52)56-6)42(37(51)55-5)20-24-17-25(39(2,44)45)22-48(21-24)23-27-26-11-8-9-12-30(26)46-33(27)42/h8-13,18-19,24-25,34-36,46,50,53H,7,14-17,20-23H2,1-6H3/t24-,25-,34+,35-,36-,40-,41-,42+,43+/m1/s1. The third-order valence-corrected chi connectivity index (χ3v) is 15.0. The van der Waals surface area contributed by atoms with Crippen LogP contribution in [0.4, 0.5) is 14.5 Å². The number of carbonyl (C=O) groups excluding carboxylic acids is 2. The second-order valence-electron chi connectivity index (χ2n) is 17.4. The number of fused-ring (bicyclic) bond motifs is 6. The van der Waals surface area contributed by atoms with Crippen LogP contribution in [-0.4, -0.2) is 121 Å². The molecule has 6 heterocycles. The zero-order chi connectivity index (χ0) is 39.7. The van der Waals surface area contributed by atoms with Crippen molar-refractivity contribution in [3.63, 3.8) is 0 Å². The van der Waals surface area contributed by atoms with Gasteiger partial charge >= 0.3 is 11.9 Å². The van der Waals surface area contributed by atoms with Gasteiger partial charge in [-0.25, -0.2) is 13.6 Å². The number of hydrogen-bond acceptors (Lipinski definition) is 10. The molecular formula is C43H52F2N4O7.